The van der Waals surface area contributed by atoms with Crippen LogP contribution in [0.25, 0.3) is 0 Å². The average molecular weight is 293 g/mol. The molecule has 0 aliphatic carbocycles. The van der Waals surface area contributed by atoms with Crippen molar-refractivity contribution in [3.8, 4) is 0 Å². The summed E-state index contributed by atoms with van der Waals surface area (Å²) in [6.45, 7) is 7.19. The summed E-state index contributed by atoms with van der Waals surface area (Å²) in [5, 5.41) is 20.1. The van der Waals surface area contributed by atoms with E-state index in [1.54, 1.807) is 18.5 Å². The predicted octanol–water partition coefficient (Wildman–Crippen LogP) is 2.34. The fourth-order valence-corrected chi connectivity index (χ4v) is 2.40. The van der Waals surface area contributed by atoms with Gasteiger partial charge in [0.15, 0.2) is 0 Å². The van der Waals surface area contributed by atoms with Crippen molar-refractivity contribution in [2.75, 3.05) is 13.2 Å². The van der Waals surface area contributed by atoms with Gasteiger partial charge in [-0.3, -0.25) is 5.01 Å². The summed E-state index contributed by atoms with van der Waals surface area (Å²) in [5.41, 5.74) is -0.113. The normalized spacial score (nSPS) is 17.7. The summed E-state index contributed by atoms with van der Waals surface area (Å²) in [4.78, 5) is 0. The standard InChI is InChI=1S/C16H24FN3O/c1-15(2,3)16(21,10-20-12-18-11-19-20)9-8-13-4-6-14(17)7-5-13/h4-7,11,21H,8-10,12H2,1-3H3,(H,18,19). The van der Waals surface area contributed by atoms with Crippen LogP contribution in [0.2, 0.25) is 0 Å². The Morgan fingerprint density at radius 2 is 1.95 bits per heavy atom. The van der Waals surface area contributed by atoms with Crippen LogP contribution in [0, 0.1) is 11.2 Å². The molecule has 5 heteroatoms. The van der Waals surface area contributed by atoms with Crippen molar-refractivity contribution in [3.63, 3.8) is 0 Å². The van der Waals surface area contributed by atoms with Crippen molar-refractivity contribution >= 4 is 6.34 Å². The van der Waals surface area contributed by atoms with Gasteiger partial charge in [0, 0.05) is 0 Å². The zero-order chi connectivity index (χ0) is 15.5. The molecule has 0 saturated carbocycles. The number of nitrogens with zero attached hydrogens (tertiary/aromatic N) is 2. The van der Waals surface area contributed by atoms with Crippen molar-refractivity contribution in [1.29, 1.82) is 0 Å². The molecule has 0 radical (unpaired) electrons. The fraction of sp³-hybridized carbons (Fsp3) is 0.562. The largest absolute Gasteiger partial charge is 0.387 e. The van der Waals surface area contributed by atoms with Crippen LogP contribution in [-0.4, -0.2) is 35.3 Å². The summed E-state index contributed by atoms with van der Waals surface area (Å²) in [7, 11) is 0. The zero-order valence-corrected chi connectivity index (χ0v) is 12.9. The zero-order valence-electron chi connectivity index (χ0n) is 12.9. The molecule has 2 N–H and O–H groups in total. The van der Waals surface area contributed by atoms with Crippen LogP contribution in [0.1, 0.15) is 32.8 Å². The molecular formula is C16H24FN3O. The van der Waals surface area contributed by atoms with Crippen molar-refractivity contribution in [3.05, 3.63) is 35.6 Å². The third kappa shape index (κ3) is 3.94. The number of halogens is 1. The highest BCUT2D eigenvalue weighted by Gasteiger charge is 2.41. The second-order valence-corrected chi connectivity index (χ2v) is 6.68. The number of β-amino-alcohol motifs (C(OH)–C–C–N with tert-alkyl or cyclic N) is 1. The Morgan fingerprint density at radius 3 is 2.48 bits per heavy atom. The van der Waals surface area contributed by atoms with Crippen molar-refractivity contribution in [2.24, 2.45) is 10.5 Å². The lowest BCUT2D eigenvalue weighted by Gasteiger charge is -2.42. The van der Waals surface area contributed by atoms with Gasteiger partial charge in [0.05, 0.1) is 12.1 Å². The van der Waals surface area contributed by atoms with Crippen LogP contribution < -0.4 is 5.32 Å². The van der Waals surface area contributed by atoms with Gasteiger partial charge in [-0.2, -0.15) is 5.10 Å². The number of hydrogen-bond donors (Lipinski definition) is 2. The minimum Gasteiger partial charge on any atom is -0.387 e. The third-order valence-electron chi connectivity index (χ3n) is 4.17. The van der Waals surface area contributed by atoms with E-state index in [9.17, 15) is 9.50 Å². The van der Waals surface area contributed by atoms with Crippen molar-refractivity contribution < 1.29 is 9.50 Å². The Morgan fingerprint density at radius 1 is 1.29 bits per heavy atom. The highest BCUT2D eigenvalue weighted by molar-refractivity contribution is 5.55. The molecule has 0 amide bonds. The Labute approximate surface area is 125 Å². The van der Waals surface area contributed by atoms with Gasteiger partial charge in [0.2, 0.25) is 0 Å². The second kappa shape index (κ2) is 6.02. The number of aliphatic hydroxyl groups is 1. The topological polar surface area (TPSA) is 47.9 Å². The number of hydrazone groups is 1. The van der Waals surface area contributed by atoms with Gasteiger partial charge in [0.1, 0.15) is 18.8 Å². The number of nitrogens with one attached hydrogen (secondary N) is 1. The van der Waals surface area contributed by atoms with Gasteiger partial charge in [-0.05, 0) is 36.0 Å². The molecule has 0 fully saturated rings. The molecule has 1 aliphatic rings. The Bertz CT molecular complexity index is 495. The summed E-state index contributed by atoms with van der Waals surface area (Å²) in [6, 6.07) is 6.46. The molecule has 0 saturated heterocycles. The van der Waals surface area contributed by atoms with E-state index in [-0.39, 0.29) is 11.2 Å². The first-order valence-electron chi connectivity index (χ1n) is 7.28. The van der Waals surface area contributed by atoms with E-state index < -0.39 is 5.60 Å². The van der Waals surface area contributed by atoms with E-state index >= 15 is 0 Å². The number of rotatable bonds is 5. The molecule has 0 bridgehead atoms. The molecule has 1 aromatic carbocycles. The van der Waals surface area contributed by atoms with Crippen LogP contribution in [0.15, 0.2) is 29.4 Å². The summed E-state index contributed by atoms with van der Waals surface area (Å²) in [5.74, 6) is -0.234. The number of benzene rings is 1. The monoisotopic (exact) mass is 293 g/mol. The van der Waals surface area contributed by atoms with Crippen LogP contribution in [0.5, 0.6) is 0 Å². The molecule has 1 aromatic rings. The molecule has 1 atom stereocenters. The van der Waals surface area contributed by atoms with E-state index in [1.807, 2.05) is 25.8 Å². The van der Waals surface area contributed by atoms with Crippen LogP contribution in [0.3, 0.4) is 0 Å². The quantitative estimate of drug-likeness (QED) is 0.876. The second-order valence-electron chi connectivity index (χ2n) is 6.68. The maximum absolute atomic E-state index is 12.9. The molecule has 1 heterocycles. The highest BCUT2D eigenvalue weighted by Crippen LogP contribution is 2.35. The van der Waals surface area contributed by atoms with Gasteiger partial charge in [0.25, 0.3) is 0 Å². The van der Waals surface area contributed by atoms with Crippen LogP contribution in [-0.2, 0) is 6.42 Å². The number of hydrogen-bond acceptors (Lipinski definition) is 4. The minimum atomic E-state index is -0.870. The van der Waals surface area contributed by atoms with Gasteiger partial charge < -0.3 is 10.4 Å². The minimum absolute atomic E-state index is 0.234. The van der Waals surface area contributed by atoms with E-state index in [1.165, 1.54) is 12.1 Å². The van der Waals surface area contributed by atoms with Crippen LogP contribution >= 0.6 is 0 Å². The summed E-state index contributed by atoms with van der Waals surface area (Å²) < 4.78 is 12.9. The molecule has 2 rings (SSSR count). The van der Waals surface area contributed by atoms with Gasteiger partial charge in [-0.1, -0.05) is 32.9 Å². The van der Waals surface area contributed by atoms with E-state index in [2.05, 4.69) is 10.4 Å². The third-order valence-corrected chi connectivity index (χ3v) is 4.17. The molecule has 21 heavy (non-hydrogen) atoms. The predicted molar refractivity (Wildman–Crippen MR) is 82.3 cm³/mol. The first-order valence-corrected chi connectivity index (χ1v) is 7.28. The smallest absolute Gasteiger partial charge is 0.123 e. The maximum Gasteiger partial charge on any atom is 0.123 e. The Balaban J connectivity index is 2.05. The first kappa shape index (κ1) is 15.8. The highest BCUT2D eigenvalue weighted by atomic mass is 19.1. The molecule has 116 valence electrons. The lowest BCUT2D eigenvalue weighted by atomic mass is 9.73. The molecule has 1 aliphatic heterocycles. The van der Waals surface area contributed by atoms with Crippen molar-refractivity contribution in [1.82, 2.24) is 10.3 Å². The molecular weight excluding hydrogens is 269 g/mol. The maximum atomic E-state index is 12.9. The van der Waals surface area contributed by atoms with Gasteiger partial charge in [-0.15, -0.1) is 0 Å². The lowest BCUT2D eigenvalue weighted by molar-refractivity contribution is -0.0847. The summed E-state index contributed by atoms with van der Waals surface area (Å²) >= 11 is 0. The fourth-order valence-electron chi connectivity index (χ4n) is 2.40. The van der Waals surface area contributed by atoms with E-state index in [0.717, 1.165) is 5.56 Å². The molecule has 0 spiro atoms. The number of aryl methyl sites for hydroxylation is 1. The summed E-state index contributed by atoms with van der Waals surface area (Å²) in [6.07, 6.45) is 2.95. The van der Waals surface area contributed by atoms with E-state index in [0.29, 0.717) is 26.1 Å². The first-order chi connectivity index (χ1) is 9.80. The van der Waals surface area contributed by atoms with Crippen molar-refractivity contribution in [2.45, 2.75) is 39.2 Å². The van der Waals surface area contributed by atoms with E-state index in [4.69, 9.17) is 0 Å². The molecule has 0 aromatic heterocycles. The molecule has 1 unspecified atom stereocenters. The average Bonchev–Trinajstić information content (AvgIpc) is 2.89. The Kier molecular flexibility index (Phi) is 4.52. The molecule has 4 nitrogen and oxygen atoms in total. The SMILES string of the molecule is CC(C)(C)C(O)(CCc1ccc(F)cc1)CN1CNC=N1. The van der Waals surface area contributed by atoms with Gasteiger partial charge >= 0.3 is 0 Å². The van der Waals surface area contributed by atoms with Gasteiger partial charge in [-0.25, -0.2) is 4.39 Å². The Hall–Kier alpha value is -1.62. The van der Waals surface area contributed by atoms with Crippen LogP contribution in [0.4, 0.5) is 4.39 Å². The lowest BCUT2D eigenvalue weighted by Crippen LogP contribution is -2.51.